The van der Waals surface area contributed by atoms with E-state index in [4.69, 9.17) is 4.98 Å². The number of pyridine rings is 1. The van der Waals surface area contributed by atoms with Gasteiger partial charge in [0.2, 0.25) is 10.0 Å². The molecule has 0 atom stereocenters. The molecule has 0 bridgehead atoms. The molecule has 182 valence electrons. The van der Waals surface area contributed by atoms with Gasteiger partial charge in [-0.25, -0.2) is 22.8 Å². The van der Waals surface area contributed by atoms with Gasteiger partial charge in [-0.3, -0.25) is 9.47 Å². The number of aromatic nitrogens is 3. The molecule has 0 unspecified atom stereocenters. The lowest BCUT2D eigenvalue weighted by molar-refractivity contribution is 0.177. The maximum Gasteiger partial charge on any atom is 0.243 e. The average molecular weight is 494 g/mol. The molecule has 3 heterocycles. The Hall–Kier alpha value is -3.14. The van der Waals surface area contributed by atoms with Crippen molar-refractivity contribution >= 4 is 21.2 Å². The van der Waals surface area contributed by atoms with Gasteiger partial charge in [0.1, 0.15) is 17.2 Å². The van der Waals surface area contributed by atoms with Gasteiger partial charge in [0, 0.05) is 38.1 Å². The van der Waals surface area contributed by atoms with Crippen molar-refractivity contribution in [3.05, 3.63) is 84.1 Å². The van der Waals surface area contributed by atoms with E-state index in [9.17, 15) is 12.8 Å². The van der Waals surface area contributed by atoms with Crippen LogP contribution in [0.25, 0.3) is 16.9 Å². The zero-order valence-corrected chi connectivity index (χ0v) is 20.6. The first kappa shape index (κ1) is 23.6. The van der Waals surface area contributed by atoms with Crippen LogP contribution in [0.5, 0.6) is 0 Å². The van der Waals surface area contributed by atoms with Crippen molar-refractivity contribution < 1.29 is 12.8 Å². The molecule has 0 spiro atoms. The summed E-state index contributed by atoms with van der Waals surface area (Å²) in [6.07, 6.45) is 1.71. The van der Waals surface area contributed by atoms with Crippen molar-refractivity contribution in [2.24, 2.45) is 0 Å². The third-order valence-electron chi connectivity index (χ3n) is 6.45. The highest BCUT2D eigenvalue weighted by molar-refractivity contribution is 7.89. The molecule has 7 nitrogen and oxygen atoms in total. The molecule has 1 aliphatic heterocycles. The summed E-state index contributed by atoms with van der Waals surface area (Å²) >= 11 is 0. The fourth-order valence-electron chi connectivity index (χ4n) is 4.43. The van der Waals surface area contributed by atoms with E-state index in [1.54, 1.807) is 34.8 Å². The number of halogens is 1. The predicted molar refractivity (Wildman–Crippen MR) is 133 cm³/mol. The number of fused-ring (bicyclic) bond motifs is 1. The molecule has 0 amide bonds. The van der Waals surface area contributed by atoms with Crippen molar-refractivity contribution in [1.29, 1.82) is 0 Å². The Bertz CT molecular complexity index is 1430. The fraction of sp³-hybridized carbons (Fsp3) is 0.308. The Morgan fingerprint density at radius 3 is 2.29 bits per heavy atom. The Kier molecular flexibility index (Phi) is 6.39. The molecule has 35 heavy (non-hydrogen) atoms. The van der Waals surface area contributed by atoms with Gasteiger partial charge in [-0.1, -0.05) is 26.0 Å². The van der Waals surface area contributed by atoms with Gasteiger partial charge in [0.25, 0.3) is 0 Å². The van der Waals surface area contributed by atoms with Crippen molar-refractivity contribution in [2.75, 3.05) is 26.2 Å². The Labute approximate surface area is 204 Å². The molecule has 2 aromatic heterocycles. The molecular formula is C26H28FN5O2S. The van der Waals surface area contributed by atoms with E-state index in [1.807, 2.05) is 28.8 Å². The lowest BCUT2D eigenvalue weighted by Gasteiger charge is -2.33. The second-order valence-electron chi connectivity index (χ2n) is 9.09. The minimum atomic E-state index is -3.54. The molecule has 1 fully saturated rings. The number of nitrogens with zero attached hydrogens (tertiary/aromatic N) is 5. The molecule has 0 saturated carbocycles. The first-order valence-electron chi connectivity index (χ1n) is 11.7. The van der Waals surface area contributed by atoms with Crippen molar-refractivity contribution in [3.63, 3.8) is 0 Å². The topological polar surface area (TPSA) is 71.3 Å². The minimum absolute atomic E-state index is 0.302. The molecule has 0 radical (unpaired) electrons. The molecule has 4 aromatic rings. The third kappa shape index (κ3) is 4.71. The van der Waals surface area contributed by atoms with Crippen LogP contribution in [0.2, 0.25) is 0 Å². The molecule has 1 saturated heterocycles. The monoisotopic (exact) mass is 493 g/mol. The summed E-state index contributed by atoms with van der Waals surface area (Å²) in [6.45, 7) is 6.69. The standard InChI is InChI=1S/C26H28FN5O2S/c1-19(2)20-5-11-23(12-6-20)35(33,34)31-16-14-30(15-17-31)18-25-29-24-4-3-13-28-26(24)32(25)22-9-7-21(27)8-10-22/h3-13,19H,14-18H2,1-2H3. The molecule has 0 N–H and O–H groups in total. The number of benzene rings is 2. The first-order chi connectivity index (χ1) is 16.8. The summed E-state index contributed by atoms with van der Waals surface area (Å²) in [5.74, 6) is 0.833. The van der Waals surface area contributed by atoms with Crippen molar-refractivity contribution in [1.82, 2.24) is 23.7 Å². The van der Waals surface area contributed by atoms with E-state index in [-0.39, 0.29) is 5.82 Å². The summed E-state index contributed by atoms with van der Waals surface area (Å²) in [5, 5.41) is 0. The normalized spacial score (nSPS) is 15.8. The fourth-order valence-corrected chi connectivity index (χ4v) is 5.85. The lowest BCUT2D eigenvalue weighted by atomic mass is 10.0. The number of hydrogen-bond acceptors (Lipinski definition) is 5. The number of imidazole rings is 1. The summed E-state index contributed by atoms with van der Waals surface area (Å²) in [6, 6.07) is 17.2. The van der Waals surface area contributed by atoms with Gasteiger partial charge >= 0.3 is 0 Å². The average Bonchev–Trinajstić information content (AvgIpc) is 3.22. The van der Waals surface area contributed by atoms with Gasteiger partial charge in [0.05, 0.1) is 11.4 Å². The number of rotatable bonds is 6. The van der Waals surface area contributed by atoms with Gasteiger partial charge in [-0.2, -0.15) is 4.31 Å². The van der Waals surface area contributed by atoms with E-state index >= 15 is 0 Å². The van der Waals surface area contributed by atoms with Crippen LogP contribution in [0.4, 0.5) is 4.39 Å². The van der Waals surface area contributed by atoms with Crippen LogP contribution in [0.15, 0.2) is 71.8 Å². The van der Waals surface area contributed by atoms with Gasteiger partial charge in [0.15, 0.2) is 5.65 Å². The van der Waals surface area contributed by atoms with Crippen molar-refractivity contribution in [2.45, 2.75) is 31.2 Å². The Morgan fingerprint density at radius 1 is 0.943 bits per heavy atom. The van der Waals surface area contributed by atoms with Crippen LogP contribution < -0.4 is 0 Å². The Balaban J connectivity index is 1.33. The zero-order chi connectivity index (χ0) is 24.6. The molecule has 9 heteroatoms. The predicted octanol–water partition coefficient (Wildman–Crippen LogP) is 4.19. The summed E-state index contributed by atoms with van der Waals surface area (Å²) in [5.41, 5.74) is 3.37. The highest BCUT2D eigenvalue weighted by Crippen LogP contribution is 2.24. The van der Waals surface area contributed by atoms with Gasteiger partial charge < -0.3 is 0 Å². The quantitative estimate of drug-likeness (QED) is 0.403. The van der Waals surface area contributed by atoms with Crippen LogP contribution >= 0.6 is 0 Å². The van der Waals surface area contributed by atoms with Crippen LogP contribution in [-0.4, -0.2) is 58.3 Å². The highest BCUT2D eigenvalue weighted by Gasteiger charge is 2.29. The van der Waals surface area contributed by atoms with Crippen LogP contribution in [-0.2, 0) is 16.6 Å². The SMILES string of the molecule is CC(C)c1ccc(S(=O)(=O)N2CCN(Cc3nc4cccnc4n3-c3ccc(F)cc3)CC2)cc1. The van der Waals surface area contributed by atoms with E-state index in [0.29, 0.717) is 49.2 Å². The minimum Gasteiger partial charge on any atom is -0.293 e. The highest BCUT2D eigenvalue weighted by atomic mass is 32.2. The van der Waals surface area contributed by atoms with Gasteiger partial charge in [-0.05, 0) is 60.0 Å². The van der Waals surface area contributed by atoms with Crippen LogP contribution in [0.1, 0.15) is 31.2 Å². The van der Waals surface area contributed by atoms with E-state index in [0.717, 1.165) is 22.6 Å². The number of hydrogen-bond donors (Lipinski definition) is 0. The molecular weight excluding hydrogens is 465 g/mol. The second kappa shape index (κ2) is 9.49. The van der Waals surface area contributed by atoms with E-state index < -0.39 is 10.0 Å². The maximum atomic E-state index is 13.5. The molecule has 2 aromatic carbocycles. The van der Waals surface area contributed by atoms with Gasteiger partial charge in [-0.15, -0.1) is 0 Å². The van der Waals surface area contributed by atoms with E-state index in [1.165, 1.54) is 12.1 Å². The molecule has 5 rings (SSSR count). The number of sulfonamides is 1. The largest absolute Gasteiger partial charge is 0.293 e. The first-order valence-corrected chi connectivity index (χ1v) is 13.2. The lowest BCUT2D eigenvalue weighted by Crippen LogP contribution is -2.48. The smallest absolute Gasteiger partial charge is 0.243 e. The summed E-state index contributed by atoms with van der Waals surface area (Å²) in [4.78, 5) is 11.8. The molecule has 1 aliphatic rings. The maximum absolute atomic E-state index is 13.5. The third-order valence-corrected chi connectivity index (χ3v) is 8.36. The summed E-state index contributed by atoms with van der Waals surface area (Å²) in [7, 11) is -3.54. The van der Waals surface area contributed by atoms with Crippen LogP contribution in [0, 0.1) is 5.82 Å². The zero-order valence-electron chi connectivity index (χ0n) is 19.8. The number of piperazine rings is 1. The second-order valence-corrected chi connectivity index (χ2v) is 11.0. The van der Waals surface area contributed by atoms with Crippen LogP contribution in [0.3, 0.4) is 0 Å². The van der Waals surface area contributed by atoms with Crippen molar-refractivity contribution in [3.8, 4) is 5.69 Å². The van der Waals surface area contributed by atoms with E-state index in [2.05, 4.69) is 23.7 Å². The summed E-state index contributed by atoms with van der Waals surface area (Å²) < 4.78 is 43.4. The molecule has 0 aliphatic carbocycles. The Morgan fingerprint density at radius 2 is 1.63 bits per heavy atom.